The van der Waals surface area contributed by atoms with Crippen molar-refractivity contribution in [3.8, 4) is 5.75 Å². The number of hydrogen-bond donors (Lipinski definition) is 1. The van der Waals surface area contributed by atoms with Crippen LogP contribution in [0.4, 0.5) is 4.79 Å². The molecule has 0 aliphatic carbocycles. The molecule has 8 nitrogen and oxygen atoms in total. The molecular formula is C29H28N4O4. The second-order valence-electron chi connectivity index (χ2n) is 9.46. The maximum atomic E-state index is 13.6. The van der Waals surface area contributed by atoms with Crippen molar-refractivity contribution in [2.24, 2.45) is 5.10 Å². The van der Waals surface area contributed by atoms with Crippen molar-refractivity contribution in [2.45, 2.75) is 31.8 Å². The molecule has 0 saturated carbocycles. The summed E-state index contributed by atoms with van der Waals surface area (Å²) in [6, 6.07) is 23.5. The van der Waals surface area contributed by atoms with Crippen molar-refractivity contribution in [3.63, 3.8) is 0 Å². The van der Waals surface area contributed by atoms with Gasteiger partial charge in [-0.2, -0.15) is 5.10 Å². The van der Waals surface area contributed by atoms with Gasteiger partial charge in [0.15, 0.2) is 0 Å². The number of hydrazone groups is 1. The zero-order valence-corrected chi connectivity index (χ0v) is 21.0. The summed E-state index contributed by atoms with van der Waals surface area (Å²) in [5.74, 6) is -0.205. The Bertz CT molecular complexity index is 1370. The third-order valence-corrected chi connectivity index (χ3v) is 6.97. The van der Waals surface area contributed by atoms with E-state index in [0.29, 0.717) is 17.7 Å². The van der Waals surface area contributed by atoms with Gasteiger partial charge in [0.1, 0.15) is 17.8 Å². The van der Waals surface area contributed by atoms with Gasteiger partial charge in [0, 0.05) is 6.42 Å². The van der Waals surface area contributed by atoms with Crippen LogP contribution < -0.4 is 10.1 Å². The molecule has 2 aliphatic heterocycles. The van der Waals surface area contributed by atoms with E-state index in [1.54, 1.807) is 14.0 Å². The molecule has 2 heterocycles. The predicted octanol–water partition coefficient (Wildman–Crippen LogP) is 4.15. The fourth-order valence-electron chi connectivity index (χ4n) is 4.76. The molecule has 1 fully saturated rings. The van der Waals surface area contributed by atoms with E-state index in [1.807, 2.05) is 85.8 Å². The minimum absolute atomic E-state index is 0.377. The molecule has 2 aliphatic rings. The first-order valence-electron chi connectivity index (χ1n) is 12.1. The average molecular weight is 497 g/mol. The minimum atomic E-state index is -1.25. The average Bonchev–Trinajstić information content (AvgIpc) is 3.46. The molecule has 2 atom stereocenters. The largest absolute Gasteiger partial charge is 0.497 e. The van der Waals surface area contributed by atoms with Crippen LogP contribution in [-0.2, 0) is 15.1 Å². The number of rotatable bonds is 6. The Morgan fingerprint density at radius 3 is 2.35 bits per heavy atom. The normalized spacial score (nSPS) is 21.2. The van der Waals surface area contributed by atoms with Gasteiger partial charge in [-0.3, -0.25) is 14.5 Å². The van der Waals surface area contributed by atoms with Crippen LogP contribution in [0.15, 0.2) is 84.0 Å². The minimum Gasteiger partial charge on any atom is -0.497 e. The monoisotopic (exact) mass is 496 g/mol. The van der Waals surface area contributed by atoms with Crippen LogP contribution in [0.1, 0.15) is 41.6 Å². The van der Waals surface area contributed by atoms with Crippen LogP contribution in [0, 0.1) is 6.92 Å². The molecule has 37 heavy (non-hydrogen) atoms. The second-order valence-corrected chi connectivity index (χ2v) is 9.46. The summed E-state index contributed by atoms with van der Waals surface area (Å²) in [6.45, 7) is 3.19. The molecule has 8 heteroatoms. The maximum Gasteiger partial charge on any atom is 0.325 e. The number of ether oxygens (including phenoxy) is 1. The van der Waals surface area contributed by atoms with Gasteiger partial charge < -0.3 is 10.1 Å². The summed E-state index contributed by atoms with van der Waals surface area (Å²) in [4.78, 5) is 40.8. The van der Waals surface area contributed by atoms with Gasteiger partial charge in [-0.15, -0.1) is 0 Å². The Kier molecular flexibility index (Phi) is 6.25. The number of urea groups is 1. The number of hydrogen-bond acceptors (Lipinski definition) is 5. The number of aryl methyl sites for hydroxylation is 1. The molecule has 5 rings (SSSR count). The van der Waals surface area contributed by atoms with E-state index in [1.165, 1.54) is 5.01 Å². The van der Waals surface area contributed by atoms with E-state index < -0.39 is 29.9 Å². The first kappa shape index (κ1) is 24.2. The second kappa shape index (κ2) is 9.54. The van der Waals surface area contributed by atoms with E-state index in [0.717, 1.165) is 27.3 Å². The molecule has 188 valence electrons. The molecule has 0 unspecified atom stereocenters. The number of benzene rings is 3. The highest BCUT2D eigenvalue weighted by Gasteiger charge is 2.50. The van der Waals surface area contributed by atoms with Crippen LogP contribution in [0.3, 0.4) is 0 Å². The lowest BCUT2D eigenvalue weighted by atomic mass is 9.91. The SMILES string of the molecule is COc1ccc([C@@H]2CC(c3ccccc3)=NN2C(=O)CN2C(=O)N[C@](C)(c3ccc(C)cc3)C2=O)cc1. The number of nitrogens with zero attached hydrogens (tertiary/aromatic N) is 3. The summed E-state index contributed by atoms with van der Waals surface area (Å²) in [5, 5.41) is 8.82. The van der Waals surface area contributed by atoms with E-state index in [2.05, 4.69) is 10.4 Å². The summed E-state index contributed by atoms with van der Waals surface area (Å²) >= 11 is 0. The Morgan fingerprint density at radius 1 is 1.03 bits per heavy atom. The summed E-state index contributed by atoms with van der Waals surface area (Å²) < 4.78 is 5.27. The number of methoxy groups -OCH3 is 1. The lowest BCUT2D eigenvalue weighted by Gasteiger charge is -2.25. The molecule has 1 N–H and O–H groups in total. The summed E-state index contributed by atoms with van der Waals surface area (Å²) in [7, 11) is 1.60. The standard InChI is InChI=1S/C29H28N4O4/c1-19-9-13-22(14-10-19)29(2)27(35)32(28(36)30-29)18-26(34)33-25(21-11-15-23(37-3)16-12-21)17-24(31-33)20-7-5-4-6-8-20/h4-16,25H,17-18H2,1-3H3,(H,30,36)/t25-,29+/m0/s1. The van der Waals surface area contributed by atoms with Gasteiger partial charge in [0.2, 0.25) is 0 Å². The van der Waals surface area contributed by atoms with Crippen LogP contribution >= 0.6 is 0 Å². The fourth-order valence-corrected chi connectivity index (χ4v) is 4.76. The van der Waals surface area contributed by atoms with Crippen molar-refractivity contribution in [2.75, 3.05) is 13.7 Å². The first-order valence-corrected chi connectivity index (χ1v) is 12.1. The topological polar surface area (TPSA) is 91.3 Å². The van der Waals surface area contributed by atoms with Crippen molar-refractivity contribution in [1.29, 1.82) is 0 Å². The predicted molar refractivity (Wildman–Crippen MR) is 139 cm³/mol. The summed E-state index contributed by atoms with van der Waals surface area (Å²) in [6.07, 6.45) is 0.503. The van der Waals surface area contributed by atoms with Crippen LogP contribution in [0.5, 0.6) is 5.75 Å². The zero-order chi connectivity index (χ0) is 26.2. The number of nitrogens with one attached hydrogen (secondary N) is 1. The number of carbonyl (C=O) groups is 3. The van der Waals surface area contributed by atoms with E-state index in [4.69, 9.17) is 4.74 Å². The van der Waals surface area contributed by atoms with Gasteiger partial charge >= 0.3 is 6.03 Å². The van der Waals surface area contributed by atoms with Crippen LogP contribution in [-0.4, -0.2) is 47.1 Å². The number of carbonyl (C=O) groups excluding carboxylic acids is 3. The van der Waals surface area contributed by atoms with Gasteiger partial charge in [0.25, 0.3) is 11.8 Å². The van der Waals surface area contributed by atoms with Crippen molar-refractivity contribution >= 4 is 23.6 Å². The third-order valence-electron chi connectivity index (χ3n) is 6.97. The molecule has 0 aromatic heterocycles. The van der Waals surface area contributed by atoms with Gasteiger partial charge in [0.05, 0.1) is 18.9 Å². The molecule has 0 bridgehead atoms. The van der Waals surface area contributed by atoms with Crippen molar-refractivity contribution in [3.05, 3.63) is 101 Å². The van der Waals surface area contributed by atoms with Crippen molar-refractivity contribution < 1.29 is 19.1 Å². The smallest absolute Gasteiger partial charge is 0.325 e. The number of amides is 4. The fraction of sp³-hybridized carbons (Fsp3) is 0.241. The highest BCUT2D eigenvalue weighted by Crippen LogP contribution is 2.35. The van der Waals surface area contributed by atoms with Gasteiger partial charge in [-0.05, 0) is 42.7 Å². The van der Waals surface area contributed by atoms with Crippen LogP contribution in [0.2, 0.25) is 0 Å². The van der Waals surface area contributed by atoms with E-state index >= 15 is 0 Å². The zero-order valence-electron chi connectivity index (χ0n) is 21.0. The first-order chi connectivity index (χ1) is 17.8. The molecule has 3 aromatic rings. The summed E-state index contributed by atoms with van der Waals surface area (Å²) in [5.41, 5.74) is 3.01. The quantitative estimate of drug-likeness (QED) is 0.519. The number of imide groups is 1. The molecule has 4 amide bonds. The Hall–Kier alpha value is -4.46. The lowest BCUT2D eigenvalue weighted by Crippen LogP contribution is -2.43. The highest BCUT2D eigenvalue weighted by atomic mass is 16.5. The Balaban J connectivity index is 1.42. The lowest BCUT2D eigenvalue weighted by molar-refractivity contribution is -0.140. The Labute approximate surface area is 215 Å². The molecular weight excluding hydrogens is 468 g/mol. The Morgan fingerprint density at radius 2 is 1.70 bits per heavy atom. The van der Waals surface area contributed by atoms with Crippen molar-refractivity contribution in [1.82, 2.24) is 15.2 Å². The molecule has 0 radical (unpaired) electrons. The third kappa shape index (κ3) is 4.46. The van der Waals surface area contributed by atoms with Gasteiger partial charge in [-0.25, -0.2) is 9.80 Å². The maximum absolute atomic E-state index is 13.6. The van der Waals surface area contributed by atoms with Gasteiger partial charge in [-0.1, -0.05) is 72.3 Å². The molecule has 0 spiro atoms. The van der Waals surface area contributed by atoms with E-state index in [-0.39, 0.29) is 6.04 Å². The highest BCUT2D eigenvalue weighted by molar-refractivity contribution is 6.09. The molecule has 3 aromatic carbocycles. The molecule has 1 saturated heterocycles. The van der Waals surface area contributed by atoms with Crippen LogP contribution in [0.25, 0.3) is 0 Å². The van der Waals surface area contributed by atoms with E-state index in [9.17, 15) is 14.4 Å².